The van der Waals surface area contributed by atoms with Crippen molar-refractivity contribution in [3.05, 3.63) is 0 Å². The van der Waals surface area contributed by atoms with Crippen LogP contribution in [0.4, 0.5) is 0 Å². The normalized spacial score (nSPS) is 14.2. The van der Waals surface area contributed by atoms with Gasteiger partial charge in [0.05, 0.1) is 18.5 Å². The average molecular weight is 197 g/mol. The minimum absolute atomic E-state index is 0.0598. The summed E-state index contributed by atoms with van der Waals surface area (Å²) in [7, 11) is 1.69. The van der Waals surface area contributed by atoms with E-state index in [1.54, 1.807) is 11.9 Å². The zero-order chi connectivity index (χ0) is 11.1. The van der Waals surface area contributed by atoms with Gasteiger partial charge in [-0.25, -0.2) is 0 Å². The topological polar surface area (TPSA) is 70.1 Å². The molecule has 0 aliphatic rings. The van der Waals surface area contributed by atoms with Crippen molar-refractivity contribution < 1.29 is 4.79 Å². The van der Waals surface area contributed by atoms with E-state index >= 15 is 0 Å². The number of nitriles is 1. The van der Waals surface area contributed by atoms with Crippen LogP contribution in [0.3, 0.4) is 0 Å². The first-order valence-corrected chi connectivity index (χ1v) is 4.93. The number of rotatable bonds is 5. The number of likely N-dealkylation sites (N-methyl/N-ethyl adjacent to an activating group) is 1. The SMILES string of the molecule is CCC[C@@H](N)C(=O)N(C)C(C)CC#N. The van der Waals surface area contributed by atoms with E-state index < -0.39 is 6.04 Å². The third-order valence-electron chi connectivity index (χ3n) is 2.31. The molecular formula is C10H19N3O. The summed E-state index contributed by atoms with van der Waals surface area (Å²) >= 11 is 0. The molecule has 2 N–H and O–H groups in total. The van der Waals surface area contributed by atoms with Crippen LogP contribution in [0.5, 0.6) is 0 Å². The number of nitrogens with two attached hydrogens (primary N) is 1. The van der Waals surface area contributed by atoms with Gasteiger partial charge < -0.3 is 10.6 Å². The van der Waals surface area contributed by atoms with Gasteiger partial charge in [0.1, 0.15) is 0 Å². The van der Waals surface area contributed by atoms with E-state index in [2.05, 4.69) is 0 Å². The van der Waals surface area contributed by atoms with Crippen molar-refractivity contribution in [3.63, 3.8) is 0 Å². The number of hydrogen-bond acceptors (Lipinski definition) is 3. The van der Waals surface area contributed by atoms with Gasteiger partial charge in [0, 0.05) is 13.1 Å². The molecule has 4 nitrogen and oxygen atoms in total. The Kier molecular flexibility index (Phi) is 5.89. The number of nitrogens with zero attached hydrogens (tertiary/aromatic N) is 2. The summed E-state index contributed by atoms with van der Waals surface area (Å²) in [5.74, 6) is -0.0744. The first kappa shape index (κ1) is 12.9. The predicted molar refractivity (Wildman–Crippen MR) is 55.3 cm³/mol. The molecule has 0 saturated carbocycles. The van der Waals surface area contributed by atoms with E-state index in [1.807, 2.05) is 19.9 Å². The number of carbonyl (C=O) groups is 1. The molecule has 1 unspecified atom stereocenters. The minimum Gasteiger partial charge on any atom is -0.341 e. The Morgan fingerprint density at radius 3 is 2.64 bits per heavy atom. The van der Waals surface area contributed by atoms with Crippen LogP contribution in [-0.2, 0) is 4.79 Å². The quantitative estimate of drug-likeness (QED) is 0.711. The molecule has 0 saturated heterocycles. The van der Waals surface area contributed by atoms with Gasteiger partial charge in [-0.1, -0.05) is 13.3 Å². The van der Waals surface area contributed by atoms with Crippen LogP contribution in [0.25, 0.3) is 0 Å². The summed E-state index contributed by atoms with van der Waals surface area (Å²) in [5.41, 5.74) is 5.69. The van der Waals surface area contributed by atoms with E-state index in [9.17, 15) is 4.79 Å². The first-order valence-electron chi connectivity index (χ1n) is 4.93. The van der Waals surface area contributed by atoms with E-state index in [0.717, 1.165) is 6.42 Å². The average Bonchev–Trinajstić information content (AvgIpc) is 2.16. The third-order valence-corrected chi connectivity index (χ3v) is 2.31. The van der Waals surface area contributed by atoms with Gasteiger partial charge in [0.15, 0.2) is 0 Å². The first-order chi connectivity index (χ1) is 6.54. The fourth-order valence-corrected chi connectivity index (χ4v) is 1.18. The number of hydrogen-bond donors (Lipinski definition) is 1. The molecule has 0 rings (SSSR count). The van der Waals surface area contributed by atoms with Crippen LogP contribution in [0.15, 0.2) is 0 Å². The van der Waals surface area contributed by atoms with Crippen LogP contribution in [0.1, 0.15) is 33.1 Å². The zero-order valence-electron chi connectivity index (χ0n) is 9.16. The lowest BCUT2D eigenvalue weighted by Gasteiger charge is -2.25. The maximum Gasteiger partial charge on any atom is 0.239 e. The molecule has 80 valence electrons. The summed E-state index contributed by atoms with van der Waals surface area (Å²) < 4.78 is 0. The third kappa shape index (κ3) is 3.75. The Bertz CT molecular complexity index is 222. The molecule has 0 bridgehead atoms. The second-order valence-electron chi connectivity index (χ2n) is 3.56. The van der Waals surface area contributed by atoms with Crippen LogP contribution in [-0.4, -0.2) is 29.9 Å². The Balaban J connectivity index is 4.17. The van der Waals surface area contributed by atoms with Crippen molar-refractivity contribution in [1.82, 2.24) is 4.90 Å². The Labute approximate surface area is 85.7 Å². The Hall–Kier alpha value is -1.08. The second-order valence-corrected chi connectivity index (χ2v) is 3.56. The lowest BCUT2D eigenvalue weighted by molar-refractivity contribution is -0.133. The molecule has 4 heteroatoms. The predicted octanol–water partition coefficient (Wildman–Crippen LogP) is 0.874. The summed E-state index contributed by atoms with van der Waals surface area (Å²) in [6.45, 7) is 3.84. The van der Waals surface area contributed by atoms with Crippen molar-refractivity contribution in [3.8, 4) is 6.07 Å². The van der Waals surface area contributed by atoms with Crippen molar-refractivity contribution in [2.45, 2.75) is 45.2 Å². The molecule has 0 aromatic heterocycles. The van der Waals surface area contributed by atoms with Crippen molar-refractivity contribution in [1.29, 1.82) is 5.26 Å². The highest BCUT2D eigenvalue weighted by Crippen LogP contribution is 2.04. The maximum atomic E-state index is 11.6. The molecule has 14 heavy (non-hydrogen) atoms. The molecular weight excluding hydrogens is 178 g/mol. The van der Waals surface area contributed by atoms with Crippen LogP contribution in [0.2, 0.25) is 0 Å². The van der Waals surface area contributed by atoms with E-state index in [4.69, 9.17) is 11.0 Å². The number of carbonyl (C=O) groups excluding carboxylic acids is 1. The molecule has 0 aromatic carbocycles. The largest absolute Gasteiger partial charge is 0.341 e. The summed E-state index contributed by atoms with van der Waals surface area (Å²) in [6.07, 6.45) is 1.94. The highest BCUT2D eigenvalue weighted by Gasteiger charge is 2.20. The molecule has 1 amide bonds. The molecule has 0 fully saturated rings. The van der Waals surface area contributed by atoms with Gasteiger partial charge >= 0.3 is 0 Å². The van der Waals surface area contributed by atoms with Crippen molar-refractivity contribution in [2.75, 3.05) is 7.05 Å². The van der Waals surface area contributed by atoms with E-state index in [0.29, 0.717) is 12.8 Å². The van der Waals surface area contributed by atoms with Crippen LogP contribution < -0.4 is 5.73 Å². The van der Waals surface area contributed by atoms with E-state index in [-0.39, 0.29) is 11.9 Å². The smallest absolute Gasteiger partial charge is 0.239 e. The summed E-state index contributed by atoms with van der Waals surface area (Å²) in [6, 6.07) is 1.55. The fourth-order valence-electron chi connectivity index (χ4n) is 1.18. The van der Waals surface area contributed by atoms with Crippen LogP contribution in [0, 0.1) is 11.3 Å². The molecule has 0 spiro atoms. The Morgan fingerprint density at radius 2 is 2.21 bits per heavy atom. The summed E-state index contributed by atoms with van der Waals surface area (Å²) in [4.78, 5) is 13.2. The molecule has 0 aliphatic carbocycles. The van der Waals surface area contributed by atoms with Gasteiger partial charge in [0.25, 0.3) is 0 Å². The van der Waals surface area contributed by atoms with Gasteiger partial charge in [-0.2, -0.15) is 5.26 Å². The molecule has 0 heterocycles. The minimum atomic E-state index is -0.425. The van der Waals surface area contributed by atoms with E-state index in [1.165, 1.54) is 0 Å². The van der Waals surface area contributed by atoms with Gasteiger partial charge in [-0.3, -0.25) is 4.79 Å². The monoisotopic (exact) mass is 197 g/mol. The molecule has 2 atom stereocenters. The summed E-state index contributed by atoms with van der Waals surface area (Å²) in [5, 5.41) is 8.49. The highest BCUT2D eigenvalue weighted by molar-refractivity contribution is 5.81. The molecule has 0 radical (unpaired) electrons. The maximum absolute atomic E-state index is 11.6. The van der Waals surface area contributed by atoms with Gasteiger partial charge in [-0.15, -0.1) is 0 Å². The van der Waals surface area contributed by atoms with Crippen LogP contribution >= 0.6 is 0 Å². The molecule has 0 aromatic rings. The fraction of sp³-hybridized carbons (Fsp3) is 0.800. The van der Waals surface area contributed by atoms with Gasteiger partial charge in [-0.05, 0) is 13.3 Å². The lowest BCUT2D eigenvalue weighted by Crippen LogP contribution is -2.45. The lowest BCUT2D eigenvalue weighted by atomic mass is 10.1. The zero-order valence-corrected chi connectivity index (χ0v) is 9.16. The van der Waals surface area contributed by atoms with Crippen molar-refractivity contribution in [2.24, 2.45) is 5.73 Å². The standard InChI is InChI=1S/C10H19N3O/c1-4-5-9(12)10(14)13(3)8(2)6-7-11/h8-9H,4-6,12H2,1-3H3/t8?,9-/m1/s1. The van der Waals surface area contributed by atoms with Crippen molar-refractivity contribution >= 4 is 5.91 Å². The highest BCUT2D eigenvalue weighted by atomic mass is 16.2. The number of amides is 1. The van der Waals surface area contributed by atoms with Gasteiger partial charge in [0.2, 0.25) is 5.91 Å². The second kappa shape index (κ2) is 6.39. The molecule has 0 aliphatic heterocycles. The Morgan fingerprint density at radius 1 is 1.64 bits per heavy atom.